The first-order valence-corrected chi connectivity index (χ1v) is 6.52. The molecule has 1 heterocycles. The molecule has 0 aromatic heterocycles. The van der Waals surface area contributed by atoms with Crippen molar-refractivity contribution in [2.45, 2.75) is 6.54 Å². The van der Waals surface area contributed by atoms with E-state index in [0.29, 0.717) is 28.6 Å². The lowest BCUT2D eigenvalue weighted by Gasteiger charge is -2.16. The van der Waals surface area contributed by atoms with Gasteiger partial charge < -0.3 is 15.4 Å². The van der Waals surface area contributed by atoms with E-state index >= 15 is 0 Å². The Labute approximate surface area is 121 Å². The minimum Gasteiger partial charge on any atom is -0.495 e. The minimum absolute atomic E-state index is 0.0615. The van der Waals surface area contributed by atoms with Gasteiger partial charge in [-0.1, -0.05) is 17.7 Å². The molecule has 0 aliphatic carbocycles. The first-order chi connectivity index (χ1) is 9.60. The number of carbonyl (C=O) groups excluding carboxylic acids is 1. The van der Waals surface area contributed by atoms with Crippen molar-refractivity contribution in [1.29, 1.82) is 0 Å². The van der Waals surface area contributed by atoms with Crippen LogP contribution < -0.4 is 15.4 Å². The topological polar surface area (TPSA) is 55.6 Å². The van der Waals surface area contributed by atoms with Crippen LogP contribution in [0.5, 0.6) is 5.75 Å². The van der Waals surface area contributed by atoms with Gasteiger partial charge in [-0.15, -0.1) is 0 Å². The van der Waals surface area contributed by atoms with Crippen LogP contribution in [0.1, 0.15) is 15.9 Å². The molecule has 0 bridgehead atoms. The van der Waals surface area contributed by atoms with Gasteiger partial charge in [0.05, 0.1) is 18.7 Å². The average molecular weight is 289 g/mol. The Balaban J connectivity index is 1.98. The predicted molar refractivity (Wildman–Crippen MR) is 79.4 cm³/mol. The lowest BCUT2D eigenvalue weighted by molar-refractivity contribution is 0.0996. The largest absolute Gasteiger partial charge is 0.495 e. The molecule has 1 aliphatic heterocycles. The molecule has 20 heavy (non-hydrogen) atoms. The third kappa shape index (κ3) is 1.98. The number of anilines is 2. The van der Waals surface area contributed by atoms with Crippen LogP contribution in [0.4, 0.5) is 11.4 Å². The Bertz CT molecular complexity index is 700. The van der Waals surface area contributed by atoms with E-state index in [1.54, 1.807) is 36.3 Å². The van der Waals surface area contributed by atoms with Crippen LogP contribution in [-0.2, 0) is 6.54 Å². The zero-order chi connectivity index (χ0) is 14.3. The first kappa shape index (κ1) is 12.8. The fourth-order valence-corrected chi connectivity index (χ4v) is 2.60. The van der Waals surface area contributed by atoms with Crippen LogP contribution in [0.25, 0.3) is 0 Å². The van der Waals surface area contributed by atoms with Crippen molar-refractivity contribution in [2.24, 2.45) is 0 Å². The van der Waals surface area contributed by atoms with Gasteiger partial charge in [0.25, 0.3) is 5.91 Å². The standard InChI is InChI=1S/C15H13ClN2O2/c1-20-14-5-4-11(7-13(14)16)18-8-9-2-3-10(17)6-12(9)15(18)19/h2-7H,8,17H2,1H3. The molecule has 0 unspecified atom stereocenters. The first-order valence-electron chi connectivity index (χ1n) is 6.14. The molecule has 2 aromatic carbocycles. The summed E-state index contributed by atoms with van der Waals surface area (Å²) in [6.45, 7) is 0.525. The second kappa shape index (κ2) is 4.72. The summed E-state index contributed by atoms with van der Waals surface area (Å²) < 4.78 is 5.12. The maximum Gasteiger partial charge on any atom is 0.259 e. The van der Waals surface area contributed by atoms with Crippen LogP contribution in [0.3, 0.4) is 0 Å². The second-order valence-electron chi connectivity index (χ2n) is 4.63. The molecule has 5 heteroatoms. The van der Waals surface area contributed by atoms with Gasteiger partial charge in [0.2, 0.25) is 0 Å². The summed E-state index contributed by atoms with van der Waals surface area (Å²) in [5.74, 6) is 0.525. The molecule has 0 atom stereocenters. The highest BCUT2D eigenvalue weighted by atomic mass is 35.5. The molecular weight excluding hydrogens is 276 g/mol. The number of nitrogen functional groups attached to an aromatic ring is 1. The average Bonchev–Trinajstić information content (AvgIpc) is 2.76. The summed E-state index contributed by atoms with van der Waals surface area (Å²) >= 11 is 6.11. The number of halogens is 1. The molecule has 1 aliphatic rings. The number of fused-ring (bicyclic) bond motifs is 1. The zero-order valence-electron chi connectivity index (χ0n) is 10.9. The van der Waals surface area contributed by atoms with E-state index in [9.17, 15) is 4.79 Å². The van der Waals surface area contributed by atoms with Crippen LogP contribution in [0.2, 0.25) is 5.02 Å². The number of carbonyl (C=O) groups is 1. The normalized spacial score (nSPS) is 13.5. The van der Waals surface area contributed by atoms with Crippen LogP contribution >= 0.6 is 11.6 Å². The van der Waals surface area contributed by atoms with E-state index in [1.807, 2.05) is 12.1 Å². The van der Waals surface area contributed by atoms with Gasteiger partial charge >= 0.3 is 0 Å². The number of amides is 1. The van der Waals surface area contributed by atoms with E-state index in [2.05, 4.69) is 0 Å². The summed E-state index contributed by atoms with van der Waals surface area (Å²) in [5, 5.41) is 0.480. The Morgan fingerprint density at radius 1 is 1.25 bits per heavy atom. The van der Waals surface area contributed by atoms with Crippen LogP contribution in [-0.4, -0.2) is 13.0 Å². The van der Waals surface area contributed by atoms with Crippen molar-refractivity contribution in [3.8, 4) is 5.75 Å². The SMILES string of the molecule is COc1ccc(N2Cc3ccc(N)cc3C2=O)cc1Cl. The number of methoxy groups -OCH3 is 1. The maximum absolute atomic E-state index is 12.4. The lowest BCUT2D eigenvalue weighted by Crippen LogP contribution is -2.22. The van der Waals surface area contributed by atoms with Gasteiger partial charge in [-0.05, 0) is 35.9 Å². The van der Waals surface area contributed by atoms with Crippen LogP contribution in [0, 0.1) is 0 Å². The van der Waals surface area contributed by atoms with Gasteiger partial charge in [-0.25, -0.2) is 0 Å². The van der Waals surface area contributed by atoms with Gasteiger partial charge in [0, 0.05) is 16.9 Å². The van der Waals surface area contributed by atoms with Crippen molar-refractivity contribution < 1.29 is 9.53 Å². The van der Waals surface area contributed by atoms with Crippen molar-refractivity contribution >= 4 is 28.9 Å². The smallest absolute Gasteiger partial charge is 0.259 e. The highest BCUT2D eigenvalue weighted by Crippen LogP contribution is 2.34. The molecule has 0 saturated heterocycles. The Morgan fingerprint density at radius 3 is 2.75 bits per heavy atom. The molecule has 0 saturated carbocycles. The number of ether oxygens (including phenoxy) is 1. The van der Waals surface area contributed by atoms with Crippen molar-refractivity contribution in [3.63, 3.8) is 0 Å². The van der Waals surface area contributed by atoms with E-state index in [0.717, 1.165) is 11.3 Å². The zero-order valence-corrected chi connectivity index (χ0v) is 11.6. The summed E-state index contributed by atoms with van der Waals surface area (Å²) in [4.78, 5) is 14.1. The van der Waals surface area contributed by atoms with Gasteiger partial charge in [0.1, 0.15) is 5.75 Å². The molecule has 102 valence electrons. The number of rotatable bonds is 2. The molecule has 3 rings (SSSR count). The number of benzene rings is 2. The van der Waals surface area contributed by atoms with Crippen molar-refractivity contribution in [1.82, 2.24) is 0 Å². The molecule has 2 aromatic rings. The quantitative estimate of drug-likeness (QED) is 0.864. The number of nitrogens with zero attached hydrogens (tertiary/aromatic N) is 1. The van der Waals surface area contributed by atoms with Gasteiger partial charge in [-0.2, -0.15) is 0 Å². The van der Waals surface area contributed by atoms with Gasteiger partial charge in [-0.3, -0.25) is 4.79 Å². The Morgan fingerprint density at radius 2 is 2.05 bits per heavy atom. The molecular formula is C15H13ClN2O2. The van der Waals surface area contributed by atoms with Gasteiger partial charge in [0.15, 0.2) is 0 Å². The highest BCUT2D eigenvalue weighted by Gasteiger charge is 2.28. The monoisotopic (exact) mass is 288 g/mol. The maximum atomic E-state index is 12.4. The Hall–Kier alpha value is -2.20. The Kier molecular flexibility index (Phi) is 3.03. The molecule has 0 spiro atoms. The second-order valence-corrected chi connectivity index (χ2v) is 5.03. The van der Waals surface area contributed by atoms with Crippen molar-refractivity contribution in [3.05, 3.63) is 52.5 Å². The van der Waals surface area contributed by atoms with Crippen molar-refractivity contribution in [2.75, 3.05) is 17.7 Å². The molecule has 0 fully saturated rings. The summed E-state index contributed by atoms with van der Waals surface area (Å²) in [6, 6.07) is 10.7. The highest BCUT2D eigenvalue weighted by molar-refractivity contribution is 6.32. The summed E-state index contributed by atoms with van der Waals surface area (Å²) in [5.41, 5.74) is 8.68. The molecule has 1 amide bonds. The third-order valence-electron chi connectivity index (χ3n) is 3.38. The summed E-state index contributed by atoms with van der Waals surface area (Å²) in [6.07, 6.45) is 0. The van der Waals surface area contributed by atoms with E-state index in [-0.39, 0.29) is 5.91 Å². The fourth-order valence-electron chi connectivity index (χ4n) is 2.35. The summed E-state index contributed by atoms with van der Waals surface area (Å²) in [7, 11) is 1.56. The molecule has 0 radical (unpaired) electrons. The van der Waals surface area contributed by atoms with E-state index in [4.69, 9.17) is 22.1 Å². The minimum atomic E-state index is -0.0615. The van der Waals surface area contributed by atoms with Crippen LogP contribution in [0.15, 0.2) is 36.4 Å². The number of hydrogen-bond donors (Lipinski definition) is 1. The fraction of sp³-hybridized carbons (Fsp3) is 0.133. The lowest BCUT2D eigenvalue weighted by atomic mass is 10.1. The predicted octanol–water partition coefficient (Wildman–Crippen LogP) is 3.09. The molecule has 4 nitrogen and oxygen atoms in total. The number of nitrogens with two attached hydrogens (primary N) is 1. The molecule has 2 N–H and O–H groups in total. The van der Waals surface area contributed by atoms with E-state index in [1.165, 1.54) is 0 Å². The van der Waals surface area contributed by atoms with E-state index < -0.39 is 0 Å². The number of hydrogen-bond acceptors (Lipinski definition) is 3. The third-order valence-corrected chi connectivity index (χ3v) is 3.68.